The minimum absolute atomic E-state index is 0.0300. The van der Waals surface area contributed by atoms with Crippen LogP contribution in [-0.2, 0) is 0 Å². The Hall–Kier alpha value is -3.56. The predicted molar refractivity (Wildman–Crippen MR) is 100.0 cm³/mol. The predicted octanol–water partition coefficient (Wildman–Crippen LogP) is 5.17. The molecule has 29 heavy (non-hydrogen) atoms. The number of rotatable bonds is 4. The summed E-state index contributed by atoms with van der Waals surface area (Å²) >= 11 is 0. The topological polar surface area (TPSA) is 68.0 Å². The van der Waals surface area contributed by atoms with Gasteiger partial charge in [0.2, 0.25) is 5.82 Å². The van der Waals surface area contributed by atoms with Crippen molar-refractivity contribution in [2.45, 2.75) is 20.3 Å². The van der Waals surface area contributed by atoms with Crippen molar-refractivity contribution in [2.75, 3.05) is 5.32 Å². The molecule has 0 atom stereocenters. The Labute approximate surface area is 163 Å². The normalized spacial score (nSPS) is 10.7. The highest BCUT2D eigenvalue weighted by Gasteiger charge is 2.19. The van der Waals surface area contributed by atoms with Gasteiger partial charge in [0.25, 0.3) is 6.43 Å². The largest absolute Gasteiger partial charge is 0.336 e. The van der Waals surface area contributed by atoms with Crippen LogP contribution in [-0.4, -0.2) is 24.6 Å². The summed E-state index contributed by atoms with van der Waals surface area (Å²) in [5.74, 6) is -1.52. The summed E-state index contributed by atoms with van der Waals surface area (Å²) in [4.78, 5) is 11.5. The molecule has 1 N–H and O–H groups in total. The van der Waals surface area contributed by atoms with Gasteiger partial charge in [-0.3, -0.25) is 4.98 Å². The van der Waals surface area contributed by atoms with Crippen LogP contribution >= 0.6 is 0 Å². The lowest BCUT2D eigenvalue weighted by Crippen LogP contribution is -2.06. The number of halogens is 4. The van der Waals surface area contributed by atoms with Gasteiger partial charge in [0.1, 0.15) is 16.9 Å². The second-order valence-electron chi connectivity index (χ2n) is 5.47. The molecule has 4 heterocycles. The van der Waals surface area contributed by atoms with E-state index in [4.69, 9.17) is 0 Å². The quantitative estimate of drug-likeness (QED) is 0.475. The average Bonchev–Trinajstić information content (AvgIpc) is 3.20. The molecule has 0 amide bonds. The van der Waals surface area contributed by atoms with Crippen LogP contribution in [0.25, 0.3) is 17.0 Å². The van der Waals surface area contributed by atoms with Gasteiger partial charge in [-0.2, -0.15) is 0 Å². The van der Waals surface area contributed by atoms with Crippen molar-refractivity contribution < 1.29 is 17.6 Å². The SMILES string of the molecule is CC.Fc1cnccc1Nc1nc(-c2ccc(F)c(C(F)F)n2)nn2cccc12. The van der Waals surface area contributed by atoms with Crippen LogP contribution in [0, 0.1) is 11.6 Å². The fourth-order valence-corrected chi connectivity index (χ4v) is 2.47. The molecule has 150 valence electrons. The first kappa shape index (κ1) is 20.2. The van der Waals surface area contributed by atoms with Crippen LogP contribution < -0.4 is 5.32 Å². The molecule has 0 aliphatic carbocycles. The summed E-state index contributed by atoms with van der Waals surface area (Å²) in [5.41, 5.74) is -0.386. The van der Waals surface area contributed by atoms with E-state index in [9.17, 15) is 17.6 Å². The molecule has 4 aromatic rings. The Morgan fingerprint density at radius 2 is 1.79 bits per heavy atom. The Kier molecular flexibility index (Phi) is 6.01. The van der Waals surface area contributed by atoms with Gasteiger partial charge in [0, 0.05) is 12.4 Å². The molecule has 0 saturated heterocycles. The van der Waals surface area contributed by atoms with E-state index in [0.29, 0.717) is 5.52 Å². The van der Waals surface area contributed by atoms with Gasteiger partial charge < -0.3 is 5.32 Å². The number of anilines is 2. The van der Waals surface area contributed by atoms with Crippen LogP contribution in [0.4, 0.5) is 29.1 Å². The maximum atomic E-state index is 13.9. The molecule has 10 heteroatoms. The van der Waals surface area contributed by atoms with E-state index >= 15 is 0 Å². The second-order valence-corrected chi connectivity index (χ2v) is 5.47. The standard InChI is InChI=1S/C17H10F4N6.C2H6/c18-9-3-4-12(23-14(9)15(20)21)16-25-17(13-2-1-7-27(13)26-16)24-11-5-6-22-8-10(11)19;1-2/h1-8,15H,(H,22,24,25,26);1-2H3. The Bertz CT molecular complexity index is 1130. The third-order valence-electron chi connectivity index (χ3n) is 3.73. The molecule has 0 bridgehead atoms. The van der Waals surface area contributed by atoms with Crippen molar-refractivity contribution in [1.29, 1.82) is 0 Å². The molecule has 4 aromatic heterocycles. The van der Waals surface area contributed by atoms with E-state index in [1.807, 2.05) is 13.8 Å². The average molecular weight is 404 g/mol. The van der Waals surface area contributed by atoms with Gasteiger partial charge in [0.05, 0.1) is 11.9 Å². The van der Waals surface area contributed by atoms with E-state index in [0.717, 1.165) is 12.3 Å². The zero-order chi connectivity index (χ0) is 21.0. The van der Waals surface area contributed by atoms with E-state index in [1.165, 1.54) is 22.8 Å². The zero-order valence-corrected chi connectivity index (χ0v) is 15.4. The van der Waals surface area contributed by atoms with Gasteiger partial charge in [0.15, 0.2) is 17.5 Å². The molecule has 0 radical (unpaired) electrons. The molecule has 0 fully saturated rings. The van der Waals surface area contributed by atoms with Gasteiger partial charge in [-0.15, -0.1) is 5.10 Å². The number of nitrogens with zero attached hydrogens (tertiary/aromatic N) is 5. The maximum Gasteiger partial charge on any atom is 0.283 e. The molecular weight excluding hydrogens is 388 g/mol. The lowest BCUT2D eigenvalue weighted by Gasteiger charge is -2.10. The van der Waals surface area contributed by atoms with Crippen LogP contribution in [0.2, 0.25) is 0 Å². The fraction of sp³-hybridized carbons (Fsp3) is 0.158. The summed E-state index contributed by atoms with van der Waals surface area (Å²) in [6.07, 6.45) is 0.963. The molecule has 0 unspecified atom stereocenters. The summed E-state index contributed by atoms with van der Waals surface area (Å²) < 4.78 is 54.7. The van der Waals surface area contributed by atoms with Crippen molar-refractivity contribution >= 4 is 17.0 Å². The highest BCUT2D eigenvalue weighted by molar-refractivity contribution is 5.74. The van der Waals surface area contributed by atoms with Crippen molar-refractivity contribution in [3.05, 3.63) is 66.3 Å². The van der Waals surface area contributed by atoms with Crippen LogP contribution in [0.5, 0.6) is 0 Å². The van der Waals surface area contributed by atoms with Crippen molar-refractivity contribution in [1.82, 2.24) is 24.6 Å². The lowest BCUT2D eigenvalue weighted by atomic mass is 10.2. The molecular formula is C19H16F4N6. The second kappa shape index (κ2) is 8.63. The summed E-state index contributed by atoms with van der Waals surface area (Å²) in [6, 6.07) is 6.87. The third kappa shape index (κ3) is 4.15. The third-order valence-corrected chi connectivity index (χ3v) is 3.73. The Morgan fingerprint density at radius 3 is 2.52 bits per heavy atom. The first-order chi connectivity index (χ1) is 14.0. The minimum atomic E-state index is -3.08. The van der Waals surface area contributed by atoms with Crippen LogP contribution in [0.3, 0.4) is 0 Å². The summed E-state index contributed by atoms with van der Waals surface area (Å²) in [5, 5.41) is 7.01. The van der Waals surface area contributed by atoms with Crippen LogP contribution in [0.1, 0.15) is 26.0 Å². The zero-order valence-electron chi connectivity index (χ0n) is 15.4. The lowest BCUT2D eigenvalue weighted by molar-refractivity contribution is 0.140. The Morgan fingerprint density at radius 1 is 1.00 bits per heavy atom. The molecule has 0 aliphatic rings. The number of fused-ring (bicyclic) bond motifs is 1. The minimum Gasteiger partial charge on any atom is -0.336 e. The molecule has 0 spiro atoms. The van der Waals surface area contributed by atoms with Gasteiger partial charge >= 0.3 is 0 Å². The fourth-order valence-electron chi connectivity index (χ4n) is 2.47. The number of pyridine rings is 2. The molecule has 0 aromatic carbocycles. The van der Waals surface area contributed by atoms with E-state index in [1.54, 1.807) is 18.3 Å². The van der Waals surface area contributed by atoms with Crippen molar-refractivity contribution in [3.63, 3.8) is 0 Å². The smallest absolute Gasteiger partial charge is 0.283 e. The van der Waals surface area contributed by atoms with Gasteiger partial charge in [-0.1, -0.05) is 13.8 Å². The highest BCUT2D eigenvalue weighted by atomic mass is 19.3. The number of hydrogen-bond acceptors (Lipinski definition) is 5. The van der Waals surface area contributed by atoms with Gasteiger partial charge in [-0.05, 0) is 30.3 Å². The Balaban J connectivity index is 0.00000117. The van der Waals surface area contributed by atoms with Gasteiger partial charge in [-0.25, -0.2) is 32.0 Å². The molecule has 0 saturated carbocycles. The molecule has 0 aliphatic heterocycles. The molecule has 4 rings (SSSR count). The number of hydrogen-bond donors (Lipinski definition) is 1. The molecule has 6 nitrogen and oxygen atoms in total. The monoisotopic (exact) mass is 404 g/mol. The summed E-state index contributed by atoms with van der Waals surface area (Å²) in [6.45, 7) is 4.00. The number of nitrogens with one attached hydrogen (secondary N) is 1. The van der Waals surface area contributed by atoms with E-state index in [-0.39, 0.29) is 23.0 Å². The van der Waals surface area contributed by atoms with E-state index < -0.39 is 23.8 Å². The van der Waals surface area contributed by atoms with Crippen molar-refractivity contribution in [2.24, 2.45) is 0 Å². The van der Waals surface area contributed by atoms with E-state index in [2.05, 4.69) is 25.4 Å². The highest BCUT2D eigenvalue weighted by Crippen LogP contribution is 2.26. The first-order valence-electron chi connectivity index (χ1n) is 8.70. The number of alkyl halides is 2. The maximum absolute atomic E-state index is 13.9. The number of aromatic nitrogens is 5. The first-order valence-corrected chi connectivity index (χ1v) is 8.70. The van der Waals surface area contributed by atoms with Crippen LogP contribution in [0.15, 0.2) is 48.9 Å². The van der Waals surface area contributed by atoms with Crippen molar-refractivity contribution in [3.8, 4) is 11.5 Å². The summed E-state index contributed by atoms with van der Waals surface area (Å²) in [7, 11) is 0.